The summed E-state index contributed by atoms with van der Waals surface area (Å²) in [5.41, 5.74) is 0. The molecule has 1 saturated carbocycles. The van der Waals surface area contributed by atoms with Crippen molar-refractivity contribution in [3.05, 3.63) is 11.8 Å². The molecule has 3 rings (SSSR count). The van der Waals surface area contributed by atoms with Crippen molar-refractivity contribution in [2.45, 2.75) is 61.6 Å². The van der Waals surface area contributed by atoms with Crippen molar-refractivity contribution in [3.8, 4) is 0 Å². The van der Waals surface area contributed by atoms with Gasteiger partial charge < -0.3 is 44.9 Å². The van der Waals surface area contributed by atoms with E-state index in [0.29, 0.717) is 0 Å². The van der Waals surface area contributed by atoms with E-state index in [1.165, 1.54) is 7.11 Å². The van der Waals surface area contributed by atoms with Crippen molar-refractivity contribution in [3.63, 3.8) is 0 Å². The van der Waals surface area contributed by atoms with Crippen LogP contribution in [0.3, 0.4) is 0 Å². The molecular weight excluding hydrogens is 320 g/mol. The number of aliphatic hydroxyl groups excluding tert-OH is 2. The predicted octanol–water partition coefficient (Wildman–Crippen LogP) is -2.35. The molecule has 0 bridgehead atoms. The summed E-state index contributed by atoms with van der Waals surface area (Å²) in [7, 11) is 4.74. The average molecular weight is 346 g/mol. The normalized spacial score (nSPS) is 51.4. The maximum absolute atomic E-state index is 10.9. The first-order valence-electron chi connectivity index (χ1n) is 8.05. The molecule has 1 aliphatic carbocycles. The number of aliphatic hydroxyl groups is 3. The van der Waals surface area contributed by atoms with Gasteiger partial charge in [-0.3, -0.25) is 0 Å². The highest BCUT2D eigenvalue weighted by molar-refractivity contribution is 5.17. The lowest BCUT2D eigenvalue weighted by molar-refractivity contribution is -0.426. The third kappa shape index (κ3) is 2.56. The van der Waals surface area contributed by atoms with Gasteiger partial charge in [-0.1, -0.05) is 0 Å². The van der Waals surface area contributed by atoms with Crippen molar-refractivity contribution in [1.82, 2.24) is 10.6 Å². The van der Waals surface area contributed by atoms with Crippen molar-refractivity contribution in [2.24, 2.45) is 0 Å². The molecule has 3 aliphatic rings. The van der Waals surface area contributed by atoms with E-state index in [1.807, 2.05) is 0 Å². The van der Waals surface area contributed by atoms with Crippen LogP contribution in [-0.4, -0.2) is 91.2 Å². The Labute approximate surface area is 140 Å². The van der Waals surface area contributed by atoms with E-state index in [1.54, 1.807) is 27.1 Å². The molecular formula is C15H26N2O7. The molecule has 0 aromatic heterocycles. The molecule has 9 nitrogen and oxygen atoms in total. The fraction of sp³-hybridized carbons (Fsp3) is 0.867. The smallest absolute Gasteiger partial charge is 0.278 e. The van der Waals surface area contributed by atoms with E-state index < -0.39 is 48.6 Å². The molecule has 1 saturated heterocycles. The summed E-state index contributed by atoms with van der Waals surface area (Å²) in [4.78, 5) is 0. The Morgan fingerprint density at radius 1 is 1.08 bits per heavy atom. The predicted molar refractivity (Wildman–Crippen MR) is 81.8 cm³/mol. The van der Waals surface area contributed by atoms with Gasteiger partial charge in [0.05, 0.1) is 31.4 Å². The third-order valence-electron chi connectivity index (χ3n) is 5.00. The van der Waals surface area contributed by atoms with E-state index in [0.717, 1.165) is 0 Å². The van der Waals surface area contributed by atoms with Gasteiger partial charge in [-0.05, 0) is 27.1 Å². The minimum absolute atomic E-state index is 0.180. The van der Waals surface area contributed by atoms with Gasteiger partial charge in [0.1, 0.15) is 18.3 Å². The summed E-state index contributed by atoms with van der Waals surface area (Å²) in [6, 6.07) is -1.18. The molecule has 5 N–H and O–H groups in total. The number of methoxy groups -OCH3 is 1. The number of hydrogen-bond acceptors (Lipinski definition) is 9. The highest BCUT2D eigenvalue weighted by Crippen LogP contribution is 2.42. The van der Waals surface area contributed by atoms with Gasteiger partial charge in [-0.15, -0.1) is 0 Å². The van der Waals surface area contributed by atoms with Crippen LogP contribution < -0.4 is 10.6 Å². The van der Waals surface area contributed by atoms with E-state index >= 15 is 0 Å². The SMILES string of the molecule is CN[C@@H]1[C@H](O)[C@@H](NC)C2O[C@@]3(O)C(OC)=C[C@@H](C)OC3OC2[C@H]1O. The number of fused-ring (bicyclic) bond motifs is 2. The molecule has 0 radical (unpaired) electrons. The minimum atomic E-state index is -1.94. The Morgan fingerprint density at radius 2 is 1.75 bits per heavy atom. The standard InChI is InChI=1S/C15H26N2O7/c1-6-5-7(21-4)15(20)14(22-6)23-13-11(19)8(16-2)10(18)9(17-3)12(13)24-15/h5-6,8-14,16-20H,1-4H3/t6-,8-,9-,10+,11+,12?,13?,14?,15+/m1/s1. The first-order valence-corrected chi connectivity index (χ1v) is 8.05. The van der Waals surface area contributed by atoms with Crippen LogP contribution >= 0.6 is 0 Å². The number of ether oxygens (including phenoxy) is 4. The number of hydrogen-bond donors (Lipinski definition) is 5. The van der Waals surface area contributed by atoms with Gasteiger partial charge in [0.2, 0.25) is 6.29 Å². The summed E-state index contributed by atoms with van der Waals surface area (Å²) in [5, 5.41) is 37.9. The summed E-state index contributed by atoms with van der Waals surface area (Å²) < 4.78 is 22.6. The molecule has 3 unspecified atom stereocenters. The molecule has 2 heterocycles. The second-order valence-corrected chi connectivity index (χ2v) is 6.40. The highest BCUT2D eigenvalue weighted by atomic mass is 16.8. The van der Waals surface area contributed by atoms with Crippen LogP contribution in [0.4, 0.5) is 0 Å². The lowest BCUT2D eigenvalue weighted by Gasteiger charge is -2.55. The maximum atomic E-state index is 10.9. The first-order chi connectivity index (χ1) is 11.4. The Bertz CT molecular complexity index is 504. The van der Waals surface area contributed by atoms with E-state index in [-0.39, 0.29) is 11.9 Å². The summed E-state index contributed by atoms with van der Waals surface area (Å²) in [6.45, 7) is 1.78. The molecule has 0 amide bonds. The number of nitrogens with one attached hydrogen (secondary N) is 2. The molecule has 9 atom stereocenters. The highest BCUT2D eigenvalue weighted by Gasteiger charge is 2.62. The van der Waals surface area contributed by atoms with E-state index in [4.69, 9.17) is 18.9 Å². The molecule has 138 valence electrons. The fourth-order valence-corrected chi connectivity index (χ4v) is 3.78. The second kappa shape index (κ2) is 6.50. The number of rotatable bonds is 3. The average Bonchev–Trinajstić information content (AvgIpc) is 2.54. The molecule has 9 heteroatoms. The third-order valence-corrected chi connectivity index (χ3v) is 5.00. The van der Waals surface area contributed by atoms with Crippen molar-refractivity contribution in [1.29, 1.82) is 0 Å². The Kier molecular flexibility index (Phi) is 4.89. The largest absolute Gasteiger partial charge is 0.495 e. The van der Waals surface area contributed by atoms with Crippen LogP contribution in [-0.2, 0) is 18.9 Å². The Hall–Kier alpha value is -0.780. The van der Waals surface area contributed by atoms with Gasteiger partial charge in [-0.25, -0.2) is 0 Å². The topological polar surface area (TPSA) is 122 Å². The Morgan fingerprint density at radius 3 is 2.33 bits per heavy atom. The van der Waals surface area contributed by atoms with Crippen LogP contribution in [0.5, 0.6) is 0 Å². The van der Waals surface area contributed by atoms with Crippen LogP contribution in [0.25, 0.3) is 0 Å². The van der Waals surface area contributed by atoms with Gasteiger partial charge in [0.15, 0.2) is 5.76 Å². The van der Waals surface area contributed by atoms with Gasteiger partial charge >= 0.3 is 0 Å². The Balaban J connectivity index is 1.96. The molecule has 2 fully saturated rings. The van der Waals surface area contributed by atoms with Crippen molar-refractivity contribution < 1.29 is 34.3 Å². The molecule has 2 aliphatic heterocycles. The number of likely N-dealkylation sites (N-methyl/N-ethyl adjacent to an activating group) is 2. The summed E-state index contributed by atoms with van der Waals surface area (Å²) >= 11 is 0. The van der Waals surface area contributed by atoms with Crippen LogP contribution in [0.1, 0.15) is 6.92 Å². The quantitative estimate of drug-likeness (QED) is 0.382. The summed E-state index contributed by atoms with van der Waals surface area (Å²) in [6.07, 6.45) is -3.48. The van der Waals surface area contributed by atoms with Crippen LogP contribution in [0.2, 0.25) is 0 Å². The van der Waals surface area contributed by atoms with Gasteiger partial charge in [-0.2, -0.15) is 0 Å². The lowest BCUT2D eigenvalue weighted by Crippen LogP contribution is -2.76. The monoisotopic (exact) mass is 346 g/mol. The first kappa shape index (κ1) is 18.0. The van der Waals surface area contributed by atoms with Crippen molar-refractivity contribution in [2.75, 3.05) is 21.2 Å². The molecule has 0 aromatic rings. The van der Waals surface area contributed by atoms with E-state index in [9.17, 15) is 15.3 Å². The van der Waals surface area contributed by atoms with Gasteiger partial charge in [0.25, 0.3) is 5.79 Å². The second-order valence-electron chi connectivity index (χ2n) is 6.40. The van der Waals surface area contributed by atoms with E-state index in [2.05, 4.69) is 10.6 Å². The zero-order valence-electron chi connectivity index (χ0n) is 14.2. The molecule has 0 aromatic carbocycles. The van der Waals surface area contributed by atoms with Crippen LogP contribution in [0.15, 0.2) is 11.8 Å². The lowest BCUT2D eigenvalue weighted by atomic mass is 9.80. The van der Waals surface area contributed by atoms with Gasteiger partial charge in [0, 0.05) is 0 Å². The summed E-state index contributed by atoms with van der Waals surface area (Å²) in [5.74, 6) is -1.76. The zero-order chi connectivity index (χ0) is 17.6. The molecule has 24 heavy (non-hydrogen) atoms. The fourth-order valence-electron chi connectivity index (χ4n) is 3.78. The van der Waals surface area contributed by atoms with Crippen LogP contribution in [0, 0.1) is 0 Å². The van der Waals surface area contributed by atoms with Crippen molar-refractivity contribution >= 4 is 0 Å². The zero-order valence-corrected chi connectivity index (χ0v) is 14.2. The molecule has 0 spiro atoms. The maximum Gasteiger partial charge on any atom is 0.278 e. The minimum Gasteiger partial charge on any atom is -0.495 e.